The Bertz CT molecular complexity index is 977. The summed E-state index contributed by atoms with van der Waals surface area (Å²) in [5.41, 5.74) is 6.46. The van der Waals surface area contributed by atoms with Crippen LogP contribution in [-0.4, -0.2) is 12.4 Å². The fourth-order valence-corrected chi connectivity index (χ4v) is 4.00. The number of halogens is 2. The van der Waals surface area contributed by atoms with Gasteiger partial charge in [0.2, 0.25) is 0 Å². The molecule has 0 amide bonds. The fraction of sp³-hybridized carbons (Fsp3) is 0.125. The van der Waals surface area contributed by atoms with Gasteiger partial charge in [-0.3, -0.25) is 0 Å². The number of anilines is 1. The van der Waals surface area contributed by atoms with Gasteiger partial charge in [0.15, 0.2) is 0 Å². The molecule has 3 rings (SSSR count). The largest absolute Gasteiger partial charge is 0.398 e. The molecule has 3 aromatic rings. The third-order valence-electron chi connectivity index (χ3n) is 3.65. The lowest BCUT2D eigenvalue weighted by molar-refractivity contribution is 0.145. The minimum atomic E-state index is -4.15. The molecule has 0 radical (unpaired) electrons. The van der Waals surface area contributed by atoms with E-state index in [-0.39, 0.29) is 16.1 Å². The van der Waals surface area contributed by atoms with Crippen molar-refractivity contribution in [2.24, 2.45) is 0 Å². The van der Waals surface area contributed by atoms with Crippen LogP contribution in [0.25, 0.3) is 10.9 Å². The number of benzene rings is 2. The van der Waals surface area contributed by atoms with Crippen LogP contribution in [0.3, 0.4) is 0 Å². The van der Waals surface area contributed by atoms with Gasteiger partial charge in [-0.2, -0.15) is 0 Å². The van der Waals surface area contributed by atoms with E-state index in [0.29, 0.717) is 9.36 Å². The smallest absolute Gasteiger partial charge is 0.279 e. The molecule has 0 aliphatic heterocycles. The second-order valence-electron chi connectivity index (χ2n) is 5.23. The Balaban J connectivity index is 2.36. The Morgan fingerprint density at radius 1 is 1.09 bits per heavy atom. The van der Waals surface area contributed by atoms with E-state index in [1.165, 1.54) is 24.3 Å². The molecule has 4 nitrogen and oxygen atoms in total. The SMILES string of the molecule is Cc1ccc(S(=O)(=O)n2c(C(F)F)cc3c(N)cccc32)cc1. The number of rotatable bonds is 3. The molecule has 0 aliphatic carbocycles. The molecule has 0 fully saturated rings. The number of hydrogen-bond donors (Lipinski definition) is 1. The Kier molecular flexibility index (Phi) is 3.60. The molecular weight excluding hydrogens is 322 g/mol. The summed E-state index contributed by atoms with van der Waals surface area (Å²) < 4.78 is 53.1. The molecule has 0 bridgehead atoms. The van der Waals surface area contributed by atoms with Crippen LogP contribution in [0.15, 0.2) is 53.4 Å². The Morgan fingerprint density at radius 2 is 1.74 bits per heavy atom. The van der Waals surface area contributed by atoms with E-state index in [9.17, 15) is 17.2 Å². The number of alkyl halides is 2. The highest BCUT2D eigenvalue weighted by Gasteiger charge is 2.27. The first-order valence-electron chi connectivity index (χ1n) is 6.82. The maximum atomic E-state index is 13.4. The van der Waals surface area contributed by atoms with Crippen molar-refractivity contribution in [1.29, 1.82) is 0 Å². The second-order valence-corrected chi connectivity index (χ2v) is 7.02. The van der Waals surface area contributed by atoms with Crippen LogP contribution in [0.2, 0.25) is 0 Å². The molecule has 23 heavy (non-hydrogen) atoms. The molecule has 0 unspecified atom stereocenters. The number of nitrogen functional groups attached to an aromatic ring is 1. The van der Waals surface area contributed by atoms with E-state index in [4.69, 9.17) is 5.73 Å². The number of fused-ring (bicyclic) bond motifs is 1. The summed E-state index contributed by atoms with van der Waals surface area (Å²) in [7, 11) is -4.15. The molecule has 120 valence electrons. The number of hydrogen-bond acceptors (Lipinski definition) is 3. The van der Waals surface area contributed by atoms with E-state index < -0.39 is 22.1 Å². The summed E-state index contributed by atoms with van der Waals surface area (Å²) in [6, 6.07) is 11.7. The van der Waals surface area contributed by atoms with Gasteiger partial charge in [-0.1, -0.05) is 23.8 Å². The number of nitrogens with zero attached hydrogens (tertiary/aromatic N) is 1. The van der Waals surface area contributed by atoms with Gasteiger partial charge in [0.05, 0.1) is 10.4 Å². The fourth-order valence-electron chi connectivity index (χ4n) is 2.49. The number of aromatic nitrogens is 1. The van der Waals surface area contributed by atoms with E-state index in [1.54, 1.807) is 18.2 Å². The first-order valence-corrected chi connectivity index (χ1v) is 8.26. The normalized spacial score (nSPS) is 12.2. The van der Waals surface area contributed by atoms with Gasteiger partial charge in [-0.15, -0.1) is 0 Å². The maximum absolute atomic E-state index is 13.4. The standard InChI is InChI=1S/C16H14F2N2O2S/c1-10-5-7-11(8-6-10)23(21,22)20-14-4-2-3-13(19)12(14)9-15(20)16(17)18/h2-9,16H,19H2,1H3. The molecule has 0 aliphatic rings. The minimum Gasteiger partial charge on any atom is -0.398 e. The first kappa shape index (κ1) is 15.5. The van der Waals surface area contributed by atoms with Crippen LogP contribution < -0.4 is 5.73 Å². The van der Waals surface area contributed by atoms with Crippen LogP contribution in [-0.2, 0) is 10.0 Å². The Labute approximate surface area is 132 Å². The van der Waals surface area contributed by atoms with Gasteiger partial charge >= 0.3 is 0 Å². The van der Waals surface area contributed by atoms with E-state index in [0.717, 1.165) is 11.6 Å². The van der Waals surface area contributed by atoms with Crippen molar-refractivity contribution in [1.82, 2.24) is 3.97 Å². The van der Waals surface area contributed by atoms with E-state index in [2.05, 4.69) is 0 Å². The Morgan fingerprint density at radius 3 is 2.35 bits per heavy atom. The average molecular weight is 336 g/mol. The molecule has 0 spiro atoms. The lowest BCUT2D eigenvalue weighted by Crippen LogP contribution is -2.16. The predicted octanol–water partition coefficient (Wildman–Crippen LogP) is 3.71. The van der Waals surface area contributed by atoms with Gasteiger partial charge in [0.1, 0.15) is 5.69 Å². The average Bonchev–Trinajstić information content (AvgIpc) is 2.89. The monoisotopic (exact) mass is 336 g/mol. The van der Waals surface area contributed by atoms with Crippen molar-refractivity contribution >= 4 is 26.6 Å². The molecule has 1 aromatic heterocycles. The summed E-state index contributed by atoms with van der Waals surface area (Å²) in [4.78, 5) is -0.0510. The molecular formula is C16H14F2N2O2S. The van der Waals surface area contributed by atoms with Gasteiger partial charge in [-0.25, -0.2) is 21.2 Å². The van der Waals surface area contributed by atoms with E-state index in [1.807, 2.05) is 6.92 Å². The summed E-state index contributed by atoms with van der Waals surface area (Å²) >= 11 is 0. The number of nitrogens with two attached hydrogens (primary N) is 1. The van der Waals surface area contributed by atoms with Crippen LogP contribution in [0.5, 0.6) is 0 Å². The first-order chi connectivity index (χ1) is 10.8. The zero-order valence-corrected chi connectivity index (χ0v) is 13.0. The van der Waals surface area contributed by atoms with Crippen LogP contribution >= 0.6 is 0 Å². The van der Waals surface area contributed by atoms with Crippen LogP contribution in [0.4, 0.5) is 14.5 Å². The molecule has 7 heteroatoms. The summed E-state index contributed by atoms with van der Waals surface area (Å²) in [6.45, 7) is 1.81. The maximum Gasteiger partial charge on any atom is 0.279 e. The van der Waals surface area contributed by atoms with Crippen molar-refractivity contribution in [2.45, 2.75) is 18.2 Å². The zero-order chi connectivity index (χ0) is 16.8. The van der Waals surface area contributed by atoms with Crippen molar-refractivity contribution in [3.05, 3.63) is 59.8 Å². The lowest BCUT2D eigenvalue weighted by Gasteiger charge is -2.12. The van der Waals surface area contributed by atoms with Crippen molar-refractivity contribution in [3.8, 4) is 0 Å². The quantitative estimate of drug-likeness (QED) is 0.742. The van der Waals surface area contributed by atoms with E-state index >= 15 is 0 Å². The van der Waals surface area contributed by atoms with Gasteiger partial charge in [0.25, 0.3) is 16.4 Å². The van der Waals surface area contributed by atoms with Crippen molar-refractivity contribution < 1.29 is 17.2 Å². The molecule has 0 saturated carbocycles. The summed E-state index contributed by atoms with van der Waals surface area (Å²) in [5.74, 6) is 0. The predicted molar refractivity (Wildman–Crippen MR) is 85.1 cm³/mol. The van der Waals surface area contributed by atoms with Gasteiger partial charge in [-0.05, 0) is 37.3 Å². The van der Waals surface area contributed by atoms with Crippen LogP contribution in [0, 0.1) is 6.92 Å². The molecule has 2 aromatic carbocycles. The van der Waals surface area contributed by atoms with Crippen molar-refractivity contribution in [3.63, 3.8) is 0 Å². The highest BCUT2D eigenvalue weighted by atomic mass is 32.2. The molecule has 2 N–H and O–H groups in total. The molecule has 1 heterocycles. The number of aryl methyl sites for hydroxylation is 1. The lowest BCUT2D eigenvalue weighted by atomic mass is 10.2. The third kappa shape index (κ3) is 2.46. The minimum absolute atomic E-state index is 0.0510. The second kappa shape index (κ2) is 5.34. The van der Waals surface area contributed by atoms with Crippen LogP contribution in [0.1, 0.15) is 17.7 Å². The highest BCUT2D eigenvalue weighted by Crippen LogP contribution is 2.33. The van der Waals surface area contributed by atoms with Crippen molar-refractivity contribution in [2.75, 3.05) is 5.73 Å². The molecule has 0 saturated heterocycles. The highest BCUT2D eigenvalue weighted by molar-refractivity contribution is 7.90. The van der Waals surface area contributed by atoms with Gasteiger partial charge < -0.3 is 5.73 Å². The summed E-state index contributed by atoms with van der Waals surface area (Å²) in [5, 5.41) is 0.290. The summed E-state index contributed by atoms with van der Waals surface area (Å²) in [6.07, 6.45) is -2.94. The third-order valence-corrected chi connectivity index (χ3v) is 5.40. The van der Waals surface area contributed by atoms with Gasteiger partial charge in [0, 0.05) is 11.1 Å². The zero-order valence-electron chi connectivity index (χ0n) is 12.2. The molecule has 0 atom stereocenters. The Hall–Kier alpha value is -2.41. The topological polar surface area (TPSA) is 65.1 Å².